The maximum absolute atomic E-state index is 13.1. The van der Waals surface area contributed by atoms with E-state index in [9.17, 15) is 14.7 Å². The summed E-state index contributed by atoms with van der Waals surface area (Å²) in [5.41, 5.74) is 6.00. The lowest BCUT2D eigenvalue weighted by atomic mass is 9.60. The number of aryl methyl sites for hydroxylation is 1. The summed E-state index contributed by atoms with van der Waals surface area (Å²) < 4.78 is 2.12. The number of hydrogen-bond donors (Lipinski definition) is 2. The van der Waals surface area contributed by atoms with Crippen LogP contribution < -0.4 is 0 Å². The number of nitrogens with zero attached hydrogens (tertiary/aromatic N) is 5. The molecule has 2 aliphatic rings. The lowest BCUT2D eigenvalue weighted by Gasteiger charge is -2.58. The van der Waals surface area contributed by atoms with Crippen molar-refractivity contribution in [3.05, 3.63) is 71.0 Å². The van der Waals surface area contributed by atoms with Crippen molar-refractivity contribution in [3.8, 4) is 22.4 Å². The van der Waals surface area contributed by atoms with Gasteiger partial charge in [-0.2, -0.15) is 10.2 Å². The second-order valence-corrected chi connectivity index (χ2v) is 13.4. The van der Waals surface area contributed by atoms with Crippen molar-refractivity contribution in [3.63, 3.8) is 0 Å². The van der Waals surface area contributed by atoms with Gasteiger partial charge in [0.1, 0.15) is 5.69 Å². The van der Waals surface area contributed by atoms with E-state index in [1.807, 2.05) is 30.0 Å². The standard InChI is InChI=1S/C33H37ClN6O3/c1-7-26(41)39-17-33(18-39)13-23(14-33)40-20(3)27(28-24-15-35-36-25(24)12-19(2)29(28)34)30(37-40)21-8-10-22(11-9-21)31(42)38(6)16-32(4,5)43/h7-12,15,23,43H,1,13-14,16-18H2,2-6H3,(H,35,36). The predicted molar refractivity (Wildman–Crippen MR) is 168 cm³/mol. The molecule has 2 aromatic heterocycles. The van der Waals surface area contributed by atoms with Crippen LogP contribution in [0.3, 0.4) is 0 Å². The van der Waals surface area contributed by atoms with Crippen molar-refractivity contribution in [2.75, 3.05) is 26.7 Å². The normalized spacial score (nSPS) is 16.3. The van der Waals surface area contributed by atoms with Gasteiger partial charge in [0.05, 0.1) is 28.4 Å². The molecule has 0 atom stereocenters. The zero-order valence-electron chi connectivity index (χ0n) is 25.2. The Morgan fingerprint density at radius 2 is 1.88 bits per heavy atom. The van der Waals surface area contributed by atoms with Crippen LogP contribution in [-0.2, 0) is 4.79 Å². The number of halogens is 1. The summed E-state index contributed by atoms with van der Waals surface area (Å²) in [6.45, 7) is 12.8. The smallest absolute Gasteiger partial charge is 0.253 e. The molecule has 10 heteroatoms. The van der Waals surface area contributed by atoms with Crippen LogP contribution in [0, 0.1) is 19.3 Å². The molecule has 0 unspecified atom stereocenters. The third-order valence-corrected chi connectivity index (χ3v) is 9.35. The highest BCUT2D eigenvalue weighted by atomic mass is 35.5. The minimum Gasteiger partial charge on any atom is -0.389 e. The molecule has 6 rings (SSSR count). The number of likely N-dealkylation sites (N-methyl/N-ethyl adjacent to an activating group) is 1. The van der Waals surface area contributed by atoms with Crippen molar-refractivity contribution >= 4 is 34.3 Å². The third kappa shape index (κ3) is 5.04. The van der Waals surface area contributed by atoms with E-state index in [4.69, 9.17) is 16.7 Å². The molecule has 1 saturated carbocycles. The molecule has 2 amide bonds. The number of nitrogens with one attached hydrogen (secondary N) is 1. The molecule has 224 valence electrons. The molecule has 3 heterocycles. The molecular weight excluding hydrogens is 564 g/mol. The Morgan fingerprint density at radius 1 is 1.21 bits per heavy atom. The summed E-state index contributed by atoms with van der Waals surface area (Å²) in [5, 5.41) is 24.3. The number of aromatic amines is 1. The van der Waals surface area contributed by atoms with E-state index in [2.05, 4.69) is 28.4 Å². The van der Waals surface area contributed by atoms with Gasteiger partial charge in [-0.15, -0.1) is 0 Å². The zero-order valence-corrected chi connectivity index (χ0v) is 26.0. The van der Waals surface area contributed by atoms with Crippen molar-refractivity contribution < 1.29 is 14.7 Å². The quantitative estimate of drug-likeness (QED) is 0.270. The fraction of sp³-hybridized carbons (Fsp3) is 0.394. The minimum atomic E-state index is -0.992. The molecule has 1 aliphatic heterocycles. The molecule has 9 nitrogen and oxygen atoms in total. The third-order valence-electron chi connectivity index (χ3n) is 8.86. The molecule has 4 aromatic rings. The van der Waals surface area contributed by atoms with Gasteiger partial charge in [0, 0.05) is 65.4 Å². The van der Waals surface area contributed by atoms with Gasteiger partial charge < -0.3 is 14.9 Å². The maximum atomic E-state index is 13.1. The van der Waals surface area contributed by atoms with E-state index in [0.29, 0.717) is 10.6 Å². The molecule has 1 aliphatic carbocycles. The lowest BCUT2D eigenvalue weighted by molar-refractivity contribution is -0.149. The number of likely N-dealkylation sites (tertiary alicyclic amines) is 1. The number of amides is 2. The van der Waals surface area contributed by atoms with Crippen molar-refractivity contribution in [1.29, 1.82) is 0 Å². The summed E-state index contributed by atoms with van der Waals surface area (Å²) in [6.07, 6.45) is 5.07. The molecular formula is C33H37ClN6O3. The number of aromatic nitrogens is 4. The molecule has 2 fully saturated rings. The summed E-state index contributed by atoms with van der Waals surface area (Å²) >= 11 is 7.03. The van der Waals surface area contributed by atoms with Crippen LogP contribution >= 0.6 is 11.6 Å². The Labute approximate surface area is 256 Å². The van der Waals surface area contributed by atoms with E-state index in [1.165, 1.54) is 11.0 Å². The Bertz CT molecular complexity index is 1750. The van der Waals surface area contributed by atoms with Crippen molar-refractivity contribution in [2.24, 2.45) is 5.41 Å². The summed E-state index contributed by atoms with van der Waals surface area (Å²) in [6, 6.07) is 9.65. The fourth-order valence-electron chi connectivity index (χ4n) is 6.88. The zero-order chi connectivity index (χ0) is 30.8. The molecule has 1 saturated heterocycles. The van der Waals surface area contributed by atoms with E-state index in [1.54, 1.807) is 39.2 Å². The first-order chi connectivity index (χ1) is 20.3. The van der Waals surface area contributed by atoms with Gasteiger partial charge in [-0.3, -0.25) is 19.4 Å². The Kier molecular flexibility index (Phi) is 7.01. The second-order valence-electron chi connectivity index (χ2n) is 13.0. The number of fused-ring (bicyclic) bond motifs is 1. The van der Waals surface area contributed by atoms with E-state index >= 15 is 0 Å². The van der Waals surface area contributed by atoms with Gasteiger partial charge in [-0.05, 0) is 70.4 Å². The number of benzene rings is 2. The Balaban J connectivity index is 1.39. The number of aliphatic hydroxyl groups is 1. The molecule has 0 radical (unpaired) electrons. The second kappa shape index (κ2) is 10.3. The van der Waals surface area contributed by atoms with Crippen LogP contribution in [0.1, 0.15) is 54.3 Å². The summed E-state index contributed by atoms with van der Waals surface area (Å²) in [5.74, 6) is -0.179. The van der Waals surface area contributed by atoms with Crippen molar-refractivity contribution in [2.45, 2.75) is 52.2 Å². The largest absolute Gasteiger partial charge is 0.389 e. The van der Waals surface area contributed by atoms with Crippen LogP contribution in [0.25, 0.3) is 33.3 Å². The van der Waals surface area contributed by atoms with E-state index < -0.39 is 5.60 Å². The molecule has 1 spiro atoms. The molecule has 2 aromatic carbocycles. The highest BCUT2D eigenvalue weighted by Crippen LogP contribution is 2.55. The van der Waals surface area contributed by atoms with Crippen LogP contribution in [0.5, 0.6) is 0 Å². The monoisotopic (exact) mass is 600 g/mol. The van der Waals surface area contributed by atoms with E-state index in [0.717, 1.165) is 70.5 Å². The van der Waals surface area contributed by atoms with Crippen LogP contribution in [0.15, 0.2) is 49.2 Å². The Hall–Kier alpha value is -3.95. The predicted octanol–water partition coefficient (Wildman–Crippen LogP) is 5.56. The first-order valence-corrected chi connectivity index (χ1v) is 14.9. The van der Waals surface area contributed by atoms with Gasteiger partial charge in [-0.1, -0.05) is 30.3 Å². The van der Waals surface area contributed by atoms with Crippen molar-refractivity contribution in [1.82, 2.24) is 29.8 Å². The highest BCUT2D eigenvalue weighted by Gasteiger charge is 2.54. The van der Waals surface area contributed by atoms with Gasteiger partial charge in [0.2, 0.25) is 5.91 Å². The minimum absolute atomic E-state index is 0.0136. The lowest BCUT2D eigenvalue weighted by Crippen LogP contribution is -2.63. The van der Waals surface area contributed by atoms with Crippen LogP contribution in [0.4, 0.5) is 0 Å². The molecule has 0 bridgehead atoms. The highest BCUT2D eigenvalue weighted by molar-refractivity contribution is 6.36. The molecule has 43 heavy (non-hydrogen) atoms. The van der Waals surface area contributed by atoms with Crippen LogP contribution in [-0.4, -0.2) is 79.0 Å². The van der Waals surface area contributed by atoms with Crippen LogP contribution in [0.2, 0.25) is 5.02 Å². The first-order valence-electron chi connectivity index (χ1n) is 14.5. The average Bonchev–Trinajstić information content (AvgIpc) is 3.50. The van der Waals surface area contributed by atoms with Gasteiger partial charge in [-0.25, -0.2) is 0 Å². The average molecular weight is 601 g/mol. The Morgan fingerprint density at radius 3 is 2.51 bits per heavy atom. The van der Waals surface area contributed by atoms with E-state index in [-0.39, 0.29) is 29.8 Å². The van der Waals surface area contributed by atoms with Gasteiger partial charge >= 0.3 is 0 Å². The van der Waals surface area contributed by atoms with Gasteiger partial charge in [0.25, 0.3) is 5.91 Å². The topological polar surface area (TPSA) is 107 Å². The number of carbonyl (C=O) groups excluding carboxylic acids is 2. The number of carbonyl (C=O) groups is 2. The molecule has 2 N–H and O–H groups in total. The fourth-order valence-corrected chi connectivity index (χ4v) is 7.13. The summed E-state index contributed by atoms with van der Waals surface area (Å²) in [4.78, 5) is 28.5. The number of hydrogen-bond acceptors (Lipinski definition) is 5. The summed E-state index contributed by atoms with van der Waals surface area (Å²) in [7, 11) is 1.69. The SMILES string of the molecule is C=CC(=O)N1CC2(CC(n3nc(-c4ccc(C(=O)N(C)CC(C)(C)O)cc4)c(-c4c(Cl)c(C)cc5[nH]ncc45)c3C)C2)C1. The first kappa shape index (κ1) is 29.1. The number of H-pyrrole nitrogens is 1. The van der Waals surface area contributed by atoms with Gasteiger partial charge in [0.15, 0.2) is 0 Å². The number of rotatable bonds is 7. The maximum Gasteiger partial charge on any atom is 0.253 e.